The molecule has 0 radical (unpaired) electrons. The van der Waals surface area contributed by atoms with E-state index < -0.39 is 0 Å². The average molecular weight is 242 g/mol. The molecule has 0 aromatic heterocycles. The Hall–Kier alpha value is -0.260. The molecule has 0 saturated carbocycles. The summed E-state index contributed by atoms with van der Waals surface area (Å²) >= 11 is 1.86. The van der Waals surface area contributed by atoms with E-state index in [1.54, 1.807) is 0 Å². The van der Waals surface area contributed by atoms with Crippen LogP contribution in [0.4, 0.5) is 0 Å². The third-order valence-corrected chi connectivity index (χ3v) is 4.13. The number of hydrogen-bond acceptors (Lipinski definition) is 5. The van der Waals surface area contributed by atoms with E-state index in [-0.39, 0.29) is 0 Å². The molecule has 2 rings (SSSR count). The van der Waals surface area contributed by atoms with Gasteiger partial charge in [-0.2, -0.15) is 0 Å². The highest BCUT2D eigenvalue weighted by atomic mass is 32.2. The van der Waals surface area contributed by atoms with Crippen LogP contribution in [0.2, 0.25) is 0 Å². The van der Waals surface area contributed by atoms with E-state index in [0.29, 0.717) is 6.04 Å². The quantitative estimate of drug-likeness (QED) is 0.783. The van der Waals surface area contributed by atoms with Gasteiger partial charge in [0.25, 0.3) is 0 Å². The smallest absolute Gasteiger partial charge is 0.171 e. The molecule has 0 amide bonds. The maximum atomic E-state index is 4.73. The molecule has 1 saturated heterocycles. The van der Waals surface area contributed by atoms with Crippen molar-refractivity contribution in [2.24, 2.45) is 4.99 Å². The first-order valence-corrected chi connectivity index (χ1v) is 7.17. The van der Waals surface area contributed by atoms with Gasteiger partial charge in [0.15, 0.2) is 5.17 Å². The lowest BCUT2D eigenvalue weighted by Gasteiger charge is -2.34. The molecule has 2 aliphatic heterocycles. The SMILES string of the molecule is CCC1CCSC(NN2CCN(C)CC2)=N1. The molecule has 1 N–H and O–H groups in total. The molecule has 2 aliphatic rings. The topological polar surface area (TPSA) is 30.9 Å². The largest absolute Gasteiger partial charge is 0.304 e. The third-order valence-electron chi connectivity index (χ3n) is 3.22. The first-order chi connectivity index (χ1) is 7.78. The second-order valence-corrected chi connectivity index (χ2v) is 5.62. The van der Waals surface area contributed by atoms with Gasteiger partial charge in [-0.1, -0.05) is 18.7 Å². The minimum absolute atomic E-state index is 0.538. The predicted octanol–water partition coefficient (Wildman–Crippen LogP) is 1.01. The number of likely N-dealkylation sites (N-methyl/N-ethyl adjacent to an activating group) is 1. The molecule has 5 heteroatoms. The molecule has 0 spiro atoms. The second-order valence-electron chi connectivity index (χ2n) is 4.54. The zero-order valence-corrected chi connectivity index (χ0v) is 11.1. The van der Waals surface area contributed by atoms with Crippen molar-refractivity contribution >= 4 is 16.9 Å². The van der Waals surface area contributed by atoms with E-state index in [1.165, 1.54) is 12.2 Å². The maximum absolute atomic E-state index is 4.73. The van der Waals surface area contributed by atoms with Crippen molar-refractivity contribution < 1.29 is 0 Å². The molecule has 0 aromatic rings. The molecule has 4 nitrogen and oxygen atoms in total. The van der Waals surface area contributed by atoms with E-state index in [9.17, 15) is 0 Å². The number of hydrogen-bond donors (Lipinski definition) is 1. The monoisotopic (exact) mass is 242 g/mol. The summed E-state index contributed by atoms with van der Waals surface area (Å²) in [5.74, 6) is 1.21. The Labute approximate surface area is 102 Å². The fourth-order valence-electron chi connectivity index (χ4n) is 1.97. The Morgan fingerprint density at radius 2 is 2.12 bits per heavy atom. The normalized spacial score (nSPS) is 28.9. The van der Waals surface area contributed by atoms with Gasteiger partial charge in [0.05, 0.1) is 6.04 Å². The first kappa shape index (κ1) is 12.2. The molecule has 0 aliphatic carbocycles. The number of rotatable bonds is 2. The summed E-state index contributed by atoms with van der Waals surface area (Å²) in [6.45, 7) is 6.68. The first-order valence-electron chi connectivity index (χ1n) is 6.18. The Morgan fingerprint density at radius 1 is 1.38 bits per heavy atom. The molecule has 16 heavy (non-hydrogen) atoms. The van der Waals surface area contributed by atoms with Gasteiger partial charge < -0.3 is 4.90 Å². The molecular formula is C11H22N4S. The van der Waals surface area contributed by atoms with Gasteiger partial charge in [0, 0.05) is 31.9 Å². The van der Waals surface area contributed by atoms with E-state index >= 15 is 0 Å². The standard InChI is InChI=1S/C11H22N4S/c1-3-10-4-9-16-11(12-10)13-15-7-5-14(2)6-8-15/h10H,3-9H2,1-2H3,(H,12,13). The summed E-state index contributed by atoms with van der Waals surface area (Å²) in [4.78, 5) is 7.09. The van der Waals surface area contributed by atoms with Crippen molar-refractivity contribution in [3.05, 3.63) is 0 Å². The van der Waals surface area contributed by atoms with Crippen molar-refractivity contribution in [1.29, 1.82) is 0 Å². The number of amidine groups is 1. The predicted molar refractivity (Wildman–Crippen MR) is 70.8 cm³/mol. The number of aliphatic imine (C=N–C) groups is 1. The van der Waals surface area contributed by atoms with Gasteiger partial charge in [-0.05, 0) is 19.9 Å². The van der Waals surface area contributed by atoms with E-state index in [1.807, 2.05) is 11.8 Å². The lowest BCUT2D eigenvalue weighted by Crippen LogP contribution is -2.52. The van der Waals surface area contributed by atoms with E-state index in [2.05, 4.69) is 29.3 Å². The molecular weight excluding hydrogens is 220 g/mol. The summed E-state index contributed by atoms with van der Waals surface area (Å²) in [6.07, 6.45) is 2.39. The molecule has 1 atom stereocenters. The lowest BCUT2D eigenvalue weighted by atomic mass is 10.2. The van der Waals surface area contributed by atoms with Gasteiger partial charge in [-0.3, -0.25) is 10.4 Å². The van der Waals surface area contributed by atoms with Crippen molar-refractivity contribution in [2.75, 3.05) is 39.0 Å². The van der Waals surface area contributed by atoms with Crippen molar-refractivity contribution in [1.82, 2.24) is 15.3 Å². The fraction of sp³-hybridized carbons (Fsp3) is 0.909. The highest BCUT2D eigenvalue weighted by molar-refractivity contribution is 8.13. The van der Waals surface area contributed by atoms with Crippen molar-refractivity contribution in [2.45, 2.75) is 25.8 Å². The second kappa shape index (κ2) is 5.89. The van der Waals surface area contributed by atoms with E-state index in [0.717, 1.165) is 37.8 Å². The molecule has 1 unspecified atom stereocenters. The van der Waals surface area contributed by atoms with Gasteiger partial charge >= 0.3 is 0 Å². The summed E-state index contributed by atoms with van der Waals surface area (Å²) < 4.78 is 0. The Kier molecular flexibility index (Phi) is 4.49. The average Bonchev–Trinajstić information content (AvgIpc) is 2.32. The van der Waals surface area contributed by atoms with Gasteiger partial charge in [-0.25, -0.2) is 5.01 Å². The van der Waals surface area contributed by atoms with Crippen LogP contribution in [-0.4, -0.2) is 60.1 Å². The van der Waals surface area contributed by atoms with E-state index in [4.69, 9.17) is 4.99 Å². The lowest BCUT2D eigenvalue weighted by molar-refractivity contribution is 0.131. The number of nitrogens with one attached hydrogen (secondary N) is 1. The van der Waals surface area contributed by atoms with Crippen molar-refractivity contribution in [3.63, 3.8) is 0 Å². The zero-order chi connectivity index (χ0) is 11.4. The third kappa shape index (κ3) is 3.37. The summed E-state index contributed by atoms with van der Waals surface area (Å²) in [7, 11) is 2.18. The van der Waals surface area contributed by atoms with Gasteiger partial charge in [-0.15, -0.1) is 0 Å². The summed E-state index contributed by atoms with van der Waals surface area (Å²) in [6, 6.07) is 0.538. The minimum atomic E-state index is 0.538. The van der Waals surface area contributed by atoms with Crippen LogP contribution in [0.15, 0.2) is 4.99 Å². The molecule has 92 valence electrons. The number of nitrogens with zero attached hydrogens (tertiary/aromatic N) is 3. The van der Waals surface area contributed by atoms with Crippen LogP contribution in [0.3, 0.4) is 0 Å². The molecule has 2 heterocycles. The number of hydrazine groups is 1. The van der Waals surface area contributed by atoms with Crippen LogP contribution in [0.5, 0.6) is 0 Å². The fourth-order valence-corrected chi connectivity index (χ4v) is 2.97. The van der Waals surface area contributed by atoms with Crippen LogP contribution in [-0.2, 0) is 0 Å². The highest BCUT2D eigenvalue weighted by Gasteiger charge is 2.18. The van der Waals surface area contributed by atoms with Crippen molar-refractivity contribution in [3.8, 4) is 0 Å². The van der Waals surface area contributed by atoms with Crippen LogP contribution < -0.4 is 5.43 Å². The number of piperazine rings is 1. The van der Waals surface area contributed by atoms with Crippen LogP contribution in [0, 0.1) is 0 Å². The molecule has 1 fully saturated rings. The summed E-state index contributed by atoms with van der Waals surface area (Å²) in [5.41, 5.74) is 3.46. The van der Waals surface area contributed by atoms with Gasteiger partial charge in [0.2, 0.25) is 0 Å². The zero-order valence-electron chi connectivity index (χ0n) is 10.3. The maximum Gasteiger partial charge on any atom is 0.171 e. The van der Waals surface area contributed by atoms with Crippen LogP contribution in [0.1, 0.15) is 19.8 Å². The van der Waals surface area contributed by atoms with Crippen LogP contribution in [0.25, 0.3) is 0 Å². The Balaban J connectivity index is 1.82. The summed E-state index contributed by atoms with van der Waals surface area (Å²) in [5, 5.41) is 3.42. The Bertz CT molecular complexity index is 248. The van der Waals surface area contributed by atoms with Gasteiger partial charge in [0.1, 0.15) is 0 Å². The molecule has 0 bridgehead atoms. The minimum Gasteiger partial charge on any atom is -0.304 e. The number of thioether (sulfide) groups is 1. The highest BCUT2D eigenvalue weighted by Crippen LogP contribution is 2.18. The van der Waals surface area contributed by atoms with Crippen LogP contribution >= 0.6 is 11.8 Å². The molecule has 0 aromatic carbocycles. The Morgan fingerprint density at radius 3 is 2.81 bits per heavy atom.